The van der Waals surface area contributed by atoms with E-state index < -0.39 is 0 Å². The quantitative estimate of drug-likeness (QED) is 0.346. The van der Waals surface area contributed by atoms with E-state index in [0.29, 0.717) is 33.9 Å². The van der Waals surface area contributed by atoms with Crippen LogP contribution in [0.25, 0.3) is 10.9 Å². The minimum Gasteiger partial charge on any atom is -0.287 e. The number of hydrogen-bond acceptors (Lipinski definition) is 4. The highest BCUT2D eigenvalue weighted by Crippen LogP contribution is 2.23. The summed E-state index contributed by atoms with van der Waals surface area (Å²) in [6.45, 7) is 0.571. The third kappa shape index (κ3) is 4.39. The summed E-state index contributed by atoms with van der Waals surface area (Å²) in [6.07, 6.45) is 0.762. The average molecular weight is 398 g/mol. The van der Waals surface area contributed by atoms with Gasteiger partial charge in [0.25, 0.3) is 5.56 Å². The minimum atomic E-state index is -0.0141. The lowest BCUT2D eigenvalue weighted by Crippen LogP contribution is -2.24. The fourth-order valence-corrected chi connectivity index (χ4v) is 4.19. The molecule has 0 saturated carbocycles. The molecule has 0 aliphatic heterocycles. The van der Waals surface area contributed by atoms with Gasteiger partial charge in [-0.25, -0.2) is 4.98 Å². The van der Waals surface area contributed by atoms with E-state index in [-0.39, 0.29) is 5.56 Å². The monoisotopic (exact) mass is 397 g/mol. The lowest BCUT2D eigenvalue weighted by Gasteiger charge is -2.13. The van der Waals surface area contributed by atoms with E-state index in [9.17, 15) is 4.79 Å². The molecular formula is C24H19N3OS. The lowest BCUT2D eigenvalue weighted by molar-refractivity contribution is 0.595. The van der Waals surface area contributed by atoms with Crippen molar-refractivity contribution in [2.24, 2.45) is 0 Å². The number of rotatable bonds is 6. The Bertz CT molecular complexity index is 1240. The van der Waals surface area contributed by atoms with Gasteiger partial charge in [-0.15, -0.1) is 0 Å². The molecule has 0 amide bonds. The number of thioether (sulfide) groups is 1. The predicted octanol–water partition coefficient (Wildman–Crippen LogP) is 4.80. The Hall–Kier alpha value is -3.36. The van der Waals surface area contributed by atoms with Crippen molar-refractivity contribution < 1.29 is 0 Å². The van der Waals surface area contributed by atoms with Crippen LogP contribution in [0.1, 0.15) is 16.7 Å². The topological polar surface area (TPSA) is 58.7 Å². The molecule has 0 bridgehead atoms. The van der Waals surface area contributed by atoms with Gasteiger partial charge in [-0.05, 0) is 41.8 Å². The lowest BCUT2D eigenvalue weighted by atomic mass is 10.1. The number of hydrogen-bond donors (Lipinski definition) is 0. The van der Waals surface area contributed by atoms with E-state index in [4.69, 9.17) is 10.2 Å². The van der Waals surface area contributed by atoms with Gasteiger partial charge < -0.3 is 0 Å². The number of aromatic nitrogens is 2. The van der Waals surface area contributed by atoms with Crippen LogP contribution < -0.4 is 5.56 Å². The van der Waals surface area contributed by atoms with Crippen LogP contribution >= 0.6 is 11.8 Å². The van der Waals surface area contributed by atoms with Crippen molar-refractivity contribution in [2.45, 2.75) is 23.9 Å². The molecular weight excluding hydrogens is 378 g/mol. The van der Waals surface area contributed by atoms with Gasteiger partial charge in [0.2, 0.25) is 0 Å². The predicted molar refractivity (Wildman–Crippen MR) is 117 cm³/mol. The second-order valence-electron chi connectivity index (χ2n) is 6.70. The maximum absolute atomic E-state index is 13.1. The number of nitrogens with zero attached hydrogens (tertiary/aromatic N) is 3. The molecule has 0 radical (unpaired) electrons. The SMILES string of the molecule is N#Cc1cccc(CSc2nc3ccccc3c(=O)n2CCc2ccccc2)c1. The highest BCUT2D eigenvalue weighted by Gasteiger charge is 2.12. The summed E-state index contributed by atoms with van der Waals surface area (Å²) in [4.78, 5) is 17.9. The number of aryl methyl sites for hydroxylation is 1. The molecule has 142 valence electrons. The van der Waals surface area contributed by atoms with E-state index in [1.54, 1.807) is 10.6 Å². The Morgan fingerprint density at radius 3 is 2.52 bits per heavy atom. The molecule has 0 fully saturated rings. The Kier molecular flexibility index (Phi) is 5.73. The van der Waals surface area contributed by atoms with E-state index in [2.05, 4.69) is 18.2 Å². The molecule has 0 N–H and O–H groups in total. The summed E-state index contributed by atoms with van der Waals surface area (Å²) >= 11 is 1.53. The van der Waals surface area contributed by atoms with Crippen LogP contribution in [0.3, 0.4) is 0 Å². The zero-order valence-electron chi connectivity index (χ0n) is 15.8. The van der Waals surface area contributed by atoms with Gasteiger partial charge >= 0.3 is 0 Å². The first-order valence-corrected chi connectivity index (χ1v) is 10.4. The molecule has 29 heavy (non-hydrogen) atoms. The number of fused-ring (bicyclic) bond motifs is 1. The second-order valence-corrected chi connectivity index (χ2v) is 7.65. The molecule has 5 heteroatoms. The largest absolute Gasteiger partial charge is 0.287 e. The molecule has 4 nitrogen and oxygen atoms in total. The smallest absolute Gasteiger partial charge is 0.262 e. The molecule has 0 atom stereocenters. The van der Waals surface area contributed by atoms with Gasteiger partial charge in [0.1, 0.15) is 0 Å². The minimum absolute atomic E-state index is 0.0141. The van der Waals surface area contributed by atoms with Gasteiger partial charge in [-0.2, -0.15) is 5.26 Å². The molecule has 0 spiro atoms. The number of para-hydroxylation sites is 1. The molecule has 4 aromatic rings. The van der Waals surface area contributed by atoms with Crippen molar-refractivity contribution in [2.75, 3.05) is 0 Å². The Morgan fingerprint density at radius 2 is 1.69 bits per heavy atom. The van der Waals surface area contributed by atoms with Crippen LogP contribution in [-0.2, 0) is 18.7 Å². The van der Waals surface area contributed by atoms with Crippen molar-refractivity contribution in [3.63, 3.8) is 0 Å². The van der Waals surface area contributed by atoms with E-state index in [1.165, 1.54) is 17.3 Å². The maximum Gasteiger partial charge on any atom is 0.262 e. The third-order valence-electron chi connectivity index (χ3n) is 4.72. The van der Waals surface area contributed by atoms with Crippen LogP contribution in [0.5, 0.6) is 0 Å². The zero-order valence-corrected chi connectivity index (χ0v) is 16.6. The van der Waals surface area contributed by atoms with E-state index in [0.717, 1.165) is 12.0 Å². The van der Waals surface area contributed by atoms with Crippen molar-refractivity contribution in [3.05, 3.63) is 106 Å². The fraction of sp³-hybridized carbons (Fsp3) is 0.125. The van der Waals surface area contributed by atoms with E-state index >= 15 is 0 Å². The van der Waals surface area contributed by atoms with Gasteiger partial charge in [0.05, 0.1) is 22.5 Å². The molecule has 4 rings (SSSR count). The first-order chi connectivity index (χ1) is 14.2. The molecule has 1 aromatic heterocycles. The summed E-state index contributed by atoms with van der Waals surface area (Å²) in [5.74, 6) is 0.644. The molecule has 0 unspecified atom stereocenters. The van der Waals surface area contributed by atoms with Crippen LogP contribution in [0.15, 0.2) is 88.8 Å². The van der Waals surface area contributed by atoms with Gasteiger partial charge in [-0.1, -0.05) is 66.4 Å². The molecule has 0 aliphatic rings. The standard InChI is InChI=1S/C24H19N3OS/c25-16-19-9-6-10-20(15-19)17-29-24-26-22-12-5-4-11-21(22)23(28)27(24)14-13-18-7-2-1-3-8-18/h1-12,15H,13-14,17H2. The fourth-order valence-electron chi connectivity index (χ4n) is 3.22. The average Bonchev–Trinajstić information content (AvgIpc) is 2.78. The Morgan fingerprint density at radius 1 is 0.931 bits per heavy atom. The Balaban J connectivity index is 1.66. The summed E-state index contributed by atoms with van der Waals surface area (Å²) in [7, 11) is 0. The maximum atomic E-state index is 13.1. The van der Waals surface area contributed by atoms with Crippen molar-refractivity contribution >= 4 is 22.7 Å². The van der Waals surface area contributed by atoms with Gasteiger partial charge in [-0.3, -0.25) is 9.36 Å². The molecule has 1 heterocycles. The molecule has 0 aliphatic carbocycles. The van der Waals surface area contributed by atoms with Crippen molar-refractivity contribution in [1.29, 1.82) is 5.26 Å². The van der Waals surface area contributed by atoms with Crippen LogP contribution in [0, 0.1) is 11.3 Å². The second kappa shape index (κ2) is 8.76. The first kappa shape index (κ1) is 19.0. The Labute approximate surface area is 173 Å². The van der Waals surface area contributed by atoms with Crippen molar-refractivity contribution in [3.8, 4) is 6.07 Å². The third-order valence-corrected chi connectivity index (χ3v) is 5.77. The highest BCUT2D eigenvalue weighted by atomic mass is 32.2. The van der Waals surface area contributed by atoms with Crippen LogP contribution in [-0.4, -0.2) is 9.55 Å². The number of benzene rings is 3. The van der Waals surface area contributed by atoms with E-state index in [1.807, 2.05) is 60.7 Å². The van der Waals surface area contributed by atoms with Gasteiger partial charge in [0.15, 0.2) is 5.16 Å². The van der Waals surface area contributed by atoms with Crippen LogP contribution in [0.2, 0.25) is 0 Å². The summed E-state index contributed by atoms with van der Waals surface area (Å²) in [5, 5.41) is 10.4. The van der Waals surface area contributed by atoms with Gasteiger partial charge in [0, 0.05) is 12.3 Å². The highest BCUT2D eigenvalue weighted by molar-refractivity contribution is 7.98. The number of nitriles is 1. The normalized spacial score (nSPS) is 10.7. The summed E-state index contributed by atoms with van der Waals surface area (Å²) in [6, 6.07) is 27.3. The van der Waals surface area contributed by atoms with Crippen LogP contribution in [0.4, 0.5) is 0 Å². The summed E-state index contributed by atoms with van der Waals surface area (Å²) in [5.41, 5.74) is 3.55. The zero-order chi connectivity index (χ0) is 20.1. The molecule has 3 aromatic carbocycles. The van der Waals surface area contributed by atoms with Crippen molar-refractivity contribution in [1.82, 2.24) is 9.55 Å². The first-order valence-electron chi connectivity index (χ1n) is 9.40. The molecule has 0 saturated heterocycles. The summed E-state index contributed by atoms with van der Waals surface area (Å²) < 4.78 is 1.77.